The lowest BCUT2D eigenvalue weighted by molar-refractivity contribution is -0.408. The number of fused-ring (bicyclic) bond motifs is 7. The van der Waals surface area contributed by atoms with E-state index in [4.69, 9.17) is 71.1 Å². The molecule has 8 heterocycles. The van der Waals surface area contributed by atoms with Crippen LogP contribution in [-0.2, 0) is 75.8 Å². The molecule has 8 aliphatic heterocycles. The summed E-state index contributed by atoms with van der Waals surface area (Å²) >= 11 is 0. The quantitative estimate of drug-likeness (QED) is 0.0448. The number of ketones is 1. The summed E-state index contributed by atoms with van der Waals surface area (Å²) in [5.74, 6) is -1.91. The first-order valence-electron chi connectivity index (χ1n) is 37.0. The van der Waals surface area contributed by atoms with E-state index in [0.29, 0.717) is 38.5 Å². The molecule has 37 heteroatoms. The van der Waals surface area contributed by atoms with Crippen molar-refractivity contribution in [1.82, 2.24) is 0 Å². The van der Waals surface area contributed by atoms with Crippen LogP contribution in [-0.4, -0.2) is 379 Å². The summed E-state index contributed by atoms with van der Waals surface area (Å²) in [6, 6.07) is 0. The summed E-state index contributed by atoms with van der Waals surface area (Å²) < 4.78 is 89.5. The molecule has 4 aliphatic carbocycles. The van der Waals surface area contributed by atoms with Gasteiger partial charge in [-0.1, -0.05) is 27.7 Å². The highest BCUT2D eigenvalue weighted by molar-refractivity contribution is 5.87. The predicted molar refractivity (Wildman–Crippen MR) is 341 cm³/mol. The molecule has 0 radical (unpaired) electrons. The number of hydrogen-bond donors (Lipinski definition) is 21. The predicted octanol–water partition coefficient (Wildman–Crippen LogP) is -8.61. The molecule has 6 unspecified atom stereocenters. The van der Waals surface area contributed by atoms with Crippen molar-refractivity contribution in [3.63, 3.8) is 0 Å². The summed E-state index contributed by atoms with van der Waals surface area (Å²) in [5, 5.41) is 230. The first-order valence-corrected chi connectivity index (χ1v) is 37.0. The number of Topliss-reactive ketones (excluding diaryl/α,β-unsaturated/α-hetero) is 1. The number of carbonyl (C=O) groups excluding carboxylic acids is 1. The molecule has 12 fully saturated rings. The van der Waals surface area contributed by atoms with Crippen molar-refractivity contribution in [3.8, 4) is 0 Å². The lowest BCUT2D eigenvalue weighted by atomic mass is 9.44. The lowest BCUT2D eigenvalue weighted by Gasteiger charge is -2.60. The normalized spacial score (nSPS) is 55.6. The zero-order valence-corrected chi connectivity index (χ0v) is 59.4. The van der Waals surface area contributed by atoms with Crippen molar-refractivity contribution in [3.05, 3.63) is 0 Å². The molecule has 8 saturated heterocycles. The van der Waals surface area contributed by atoms with Gasteiger partial charge in [-0.25, -0.2) is 0 Å². The fraction of sp³-hybridized carbons (Fsp3) is 0.985. The van der Waals surface area contributed by atoms with Gasteiger partial charge >= 0.3 is 0 Å². The van der Waals surface area contributed by atoms with Crippen LogP contribution in [0.4, 0.5) is 0 Å². The van der Waals surface area contributed by atoms with Crippen LogP contribution in [0.15, 0.2) is 0 Å². The van der Waals surface area contributed by atoms with Gasteiger partial charge in [0, 0.05) is 30.1 Å². The highest BCUT2D eigenvalue weighted by atomic mass is 16.8. The monoisotopic (exact) mass is 1520 g/mol. The van der Waals surface area contributed by atoms with Crippen LogP contribution in [0.2, 0.25) is 0 Å². The minimum Gasteiger partial charge on any atom is -0.394 e. The topological polar surface area (TPSA) is 580 Å². The first kappa shape index (κ1) is 82.7. The van der Waals surface area contributed by atoms with Crippen LogP contribution in [0, 0.1) is 52.3 Å². The molecule has 46 atom stereocenters. The van der Waals surface area contributed by atoms with Crippen LogP contribution >= 0.6 is 0 Å². The Morgan fingerprint density at radius 3 is 1.60 bits per heavy atom. The average Bonchev–Trinajstić information content (AvgIpc) is 1.55. The average molecular weight is 1520 g/mol. The summed E-state index contributed by atoms with van der Waals surface area (Å²) in [5.41, 5.74) is -1.05. The van der Waals surface area contributed by atoms with Gasteiger partial charge < -0.3 is 178 Å². The fourth-order valence-corrected chi connectivity index (χ4v) is 19.4. The minimum absolute atomic E-state index is 0.0000505. The van der Waals surface area contributed by atoms with Gasteiger partial charge in [0.05, 0.1) is 64.1 Å². The molecule has 0 spiro atoms. The van der Waals surface area contributed by atoms with E-state index in [2.05, 4.69) is 6.92 Å². The van der Waals surface area contributed by atoms with E-state index in [-0.39, 0.29) is 65.8 Å². The van der Waals surface area contributed by atoms with E-state index in [1.54, 1.807) is 0 Å². The van der Waals surface area contributed by atoms with Crippen LogP contribution in [0.1, 0.15) is 99.3 Å². The van der Waals surface area contributed by atoms with Crippen LogP contribution < -0.4 is 0 Å². The molecule has 21 N–H and O–H groups in total. The number of rotatable bonds is 22. The lowest BCUT2D eigenvalue weighted by Crippen LogP contribution is -2.69. The number of ether oxygens (including phenoxy) is 15. The van der Waals surface area contributed by atoms with Gasteiger partial charge in [-0.05, 0) is 93.8 Å². The summed E-state index contributed by atoms with van der Waals surface area (Å²) in [7, 11) is 0. The van der Waals surface area contributed by atoms with E-state index < -0.39 is 265 Å². The number of aliphatic hydroxyl groups is 21. The molecule has 0 aromatic carbocycles. The second-order valence-electron chi connectivity index (χ2n) is 32.1. The molecule has 12 rings (SSSR count). The number of carbonyl (C=O) groups is 1. The zero-order valence-electron chi connectivity index (χ0n) is 59.4. The fourth-order valence-electron chi connectivity index (χ4n) is 19.4. The molecular formula is C68H112O37. The van der Waals surface area contributed by atoms with Crippen LogP contribution in [0.25, 0.3) is 0 Å². The Morgan fingerprint density at radius 2 is 0.971 bits per heavy atom. The highest BCUT2D eigenvalue weighted by Crippen LogP contribution is 2.70. The van der Waals surface area contributed by atoms with Crippen molar-refractivity contribution in [1.29, 1.82) is 0 Å². The van der Waals surface area contributed by atoms with Crippen LogP contribution in [0.3, 0.4) is 0 Å². The van der Waals surface area contributed by atoms with E-state index >= 15 is 0 Å². The molecule has 4 saturated carbocycles. The second-order valence-corrected chi connectivity index (χ2v) is 32.1. The Bertz CT molecular complexity index is 2840. The Labute approximate surface area is 605 Å². The third-order valence-electron chi connectivity index (χ3n) is 25.8. The van der Waals surface area contributed by atoms with Gasteiger partial charge in [-0.2, -0.15) is 0 Å². The standard InChI is InChI=1S/C68H112O37/c1-22(20-91-59-49(85)44(80)41(77)33(16-69)96-59)9-12-68(90)23(2)38-32(105-68)14-30-28-8-7-26-13-27(10-11-66(26,5)29(28)15-37(74)67(30,38)6)95-63-52(88)46(82)55(35(18-71)98-63)101-64-53(89)47(83)56(36(19-72)99-64)102-65-58(104-60-48(84)40(76)31(73)21-92-60)57(42(78)34(17-70)97-65)103-62-51(87)45(81)54(25(4)94-62)100-61-50(86)43(79)39(75)24(3)93-61/h22-36,38-65,69-73,75-90H,7-21H2,1-6H3/t22-,23?,24-,25-,26+,27+,28?,29?,30?,31-,32?,33-,34-,35-,36-,38?,39-,40+,41-,42-,43+,44+,45-,46-,47-,48-,49-,50+,51+,52-,53-,54-,55+,56-,57+,58-,59-,60-,61+,62-,63-,64-,65+,66+,67-,68-/m1/s1. The van der Waals surface area contributed by atoms with E-state index in [1.165, 1.54) is 13.8 Å². The molecule has 0 aromatic rings. The maximum atomic E-state index is 14.9. The Balaban J connectivity index is 0.659. The molecule has 0 bridgehead atoms. The van der Waals surface area contributed by atoms with Gasteiger partial charge in [0.15, 0.2) is 49.8 Å². The van der Waals surface area contributed by atoms with Crippen molar-refractivity contribution in [2.24, 2.45) is 52.3 Å². The maximum Gasteiger partial charge on any atom is 0.187 e. The van der Waals surface area contributed by atoms with Crippen molar-refractivity contribution >= 4 is 5.78 Å². The molecule has 12 aliphatic rings. The van der Waals surface area contributed by atoms with Gasteiger partial charge in [0.2, 0.25) is 0 Å². The number of hydrogen-bond acceptors (Lipinski definition) is 37. The first-order chi connectivity index (χ1) is 49.6. The molecule has 0 aromatic heterocycles. The van der Waals surface area contributed by atoms with E-state index in [1.807, 2.05) is 20.8 Å². The van der Waals surface area contributed by atoms with Crippen molar-refractivity contribution in [2.45, 2.75) is 326 Å². The molecule has 37 nitrogen and oxygen atoms in total. The highest BCUT2D eigenvalue weighted by Gasteiger charge is 2.72. The number of aliphatic hydroxyl groups excluding tert-OH is 20. The maximum absolute atomic E-state index is 14.9. The SMILES string of the molecule is CC1C2C(CC3C4CC[C@H]5C[C@@H](O[C@@H]6O[C@H](CO)[C@H](O[C@H]7O[C@H](CO)[C@@H](O[C@@H]8O[C@H](CO)[C@@H](O)[C@H](O[C@H]9O[C@H](C)[C@@H](O[C@@H]%10O[C@H](C)[C@@H](O)[C@H](O)[C@@H]%10O)[C@H](O)[C@@H]9O)[C@H]8O[C@H]8OC[C@@H](O)[C@H](O)[C@H]8O)[C@H](O)[C@H]7O)[C@H](O)[C@H]6O)CC[C@]5(C)C4CC(=O)[C@@]32C)O[C@]1(O)CC[C@@H](C)CO[C@@H]1O[C@H](CO)[C@@H](O)[C@H](O)[C@H]1O. The molecule has 0 amide bonds. The Morgan fingerprint density at radius 1 is 0.476 bits per heavy atom. The summed E-state index contributed by atoms with van der Waals surface area (Å²) in [6.07, 6.45) is -55.5. The van der Waals surface area contributed by atoms with E-state index in [9.17, 15) is 112 Å². The second kappa shape index (κ2) is 33.0. The Kier molecular flexibility index (Phi) is 26.0. The molecule has 105 heavy (non-hydrogen) atoms. The largest absolute Gasteiger partial charge is 0.394 e. The minimum atomic E-state index is -2.19. The van der Waals surface area contributed by atoms with E-state index in [0.717, 1.165) is 12.8 Å². The smallest absolute Gasteiger partial charge is 0.187 e. The van der Waals surface area contributed by atoms with Gasteiger partial charge in [-0.3, -0.25) is 4.79 Å². The zero-order chi connectivity index (χ0) is 76.1. The molecule has 606 valence electrons. The van der Waals surface area contributed by atoms with Gasteiger partial charge in [0.1, 0.15) is 158 Å². The third kappa shape index (κ3) is 15.4. The van der Waals surface area contributed by atoms with Crippen molar-refractivity contribution in [2.75, 3.05) is 39.6 Å². The van der Waals surface area contributed by atoms with Gasteiger partial charge in [0.25, 0.3) is 0 Å². The van der Waals surface area contributed by atoms with Gasteiger partial charge in [-0.15, -0.1) is 0 Å². The third-order valence-corrected chi connectivity index (χ3v) is 25.8. The van der Waals surface area contributed by atoms with Crippen LogP contribution in [0.5, 0.6) is 0 Å². The summed E-state index contributed by atoms with van der Waals surface area (Å²) in [4.78, 5) is 14.9. The molecular weight excluding hydrogens is 1410 g/mol. The Hall–Kier alpha value is -1.77. The van der Waals surface area contributed by atoms with Crippen molar-refractivity contribution < 1.29 is 183 Å². The summed E-state index contributed by atoms with van der Waals surface area (Å²) in [6.45, 7) is 6.79.